The Kier molecular flexibility index (Phi) is 18.1. The predicted molar refractivity (Wildman–Crippen MR) is 77.2 cm³/mol. The maximum absolute atomic E-state index is 10.2. The second-order valence-corrected chi connectivity index (χ2v) is 5.19. The number of ether oxygens (including phenoxy) is 1. The summed E-state index contributed by atoms with van der Waals surface area (Å²) in [7, 11) is -4.31. The molecule has 0 unspecified atom stereocenters. The highest BCUT2D eigenvalue weighted by atomic mass is 31.2. The Morgan fingerprint density at radius 1 is 0.947 bits per heavy atom. The van der Waals surface area contributed by atoms with Crippen molar-refractivity contribution < 1.29 is 23.6 Å². The van der Waals surface area contributed by atoms with Gasteiger partial charge in [0.15, 0.2) is 0 Å². The second kappa shape index (κ2) is 16.1. The Labute approximate surface area is 117 Å². The van der Waals surface area contributed by atoms with Crippen molar-refractivity contribution in [2.75, 3.05) is 32.9 Å². The van der Waals surface area contributed by atoms with E-state index >= 15 is 0 Å². The average molecular weight is 299 g/mol. The molecule has 0 atom stereocenters. The lowest BCUT2D eigenvalue weighted by atomic mass is 10.2. The molecular formula is C12H30NO5P. The molecule has 0 aromatic rings. The summed E-state index contributed by atoms with van der Waals surface area (Å²) in [4.78, 5) is 16.6. The molecule has 0 spiro atoms. The summed E-state index contributed by atoms with van der Waals surface area (Å²) >= 11 is 0. The molecule has 7 heteroatoms. The van der Waals surface area contributed by atoms with E-state index in [1.165, 1.54) is 12.8 Å². The lowest BCUT2D eigenvalue weighted by molar-refractivity contribution is 0.0832. The van der Waals surface area contributed by atoms with Gasteiger partial charge in [-0.25, -0.2) is 4.57 Å². The summed E-state index contributed by atoms with van der Waals surface area (Å²) in [6.45, 7) is 9.33. The van der Waals surface area contributed by atoms with Crippen LogP contribution in [0.5, 0.6) is 0 Å². The van der Waals surface area contributed by atoms with Gasteiger partial charge in [0.2, 0.25) is 0 Å². The van der Waals surface area contributed by atoms with E-state index < -0.39 is 7.82 Å². The average Bonchev–Trinajstić information content (AvgIpc) is 2.33. The van der Waals surface area contributed by atoms with Crippen LogP contribution in [0, 0.1) is 0 Å². The molecule has 118 valence electrons. The van der Waals surface area contributed by atoms with Crippen LogP contribution in [0.2, 0.25) is 0 Å². The lowest BCUT2D eigenvalue weighted by Crippen LogP contribution is -2.09. The van der Waals surface area contributed by atoms with Crippen molar-refractivity contribution in [1.82, 2.24) is 5.32 Å². The van der Waals surface area contributed by atoms with Crippen LogP contribution in [0.4, 0.5) is 0 Å². The van der Waals surface area contributed by atoms with Crippen LogP contribution in [-0.4, -0.2) is 42.7 Å². The third kappa shape index (κ3) is 27.3. The zero-order valence-corrected chi connectivity index (χ0v) is 13.3. The number of unbranched alkanes of at least 4 members (excludes halogenated alkanes) is 3. The second-order valence-electron chi connectivity index (χ2n) is 3.95. The highest BCUT2D eigenvalue weighted by molar-refractivity contribution is 7.46. The Morgan fingerprint density at radius 2 is 1.58 bits per heavy atom. The van der Waals surface area contributed by atoms with Crippen molar-refractivity contribution in [3.05, 3.63) is 0 Å². The standard InChI is InChI=1S/C8H19O5P.C4H11N/c1-2-3-4-5-6-12-7-8-13-14(9,10)11;1-3-5-4-2/h2-8H2,1H3,(H2,9,10,11);5H,3-4H2,1-2H3. The lowest BCUT2D eigenvalue weighted by Gasteiger charge is -2.05. The zero-order valence-electron chi connectivity index (χ0n) is 12.4. The minimum absolute atomic E-state index is 0.0575. The first kappa shape index (κ1) is 21.3. The van der Waals surface area contributed by atoms with E-state index in [2.05, 4.69) is 30.6 Å². The number of phosphoric ester groups is 1. The van der Waals surface area contributed by atoms with Gasteiger partial charge in [0.1, 0.15) is 0 Å². The molecule has 0 aliphatic rings. The molecule has 19 heavy (non-hydrogen) atoms. The minimum atomic E-state index is -4.31. The summed E-state index contributed by atoms with van der Waals surface area (Å²) < 4.78 is 19.5. The van der Waals surface area contributed by atoms with E-state index in [-0.39, 0.29) is 13.2 Å². The fourth-order valence-electron chi connectivity index (χ4n) is 1.20. The van der Waals surface area contributed by atoms with Gasteiger partial charge in [0, 0.05) is 6.61 Å². The van der Waals surface area contributed by atoms with Gasteiger partial charge in [0.05, 0.1) is 13.2 Å². The topological polar surface area (TPSA) is 88.0 Å². The van der Waals surface area contributed by atoms with E-state index in [1.54, 1.807) is 0 Å². The molecule has 0 aliphatic heterocycles. The first-order valence-corrected chi connectivity index (χ1v) is 8.49. The summed E-state index contributed by atoms with van der Waals surface area (Å²) in [5.74, 6) is 0. The van der Waals surface area contributed by atoms with Gasteiger partial charge in [-0.2, -0.15) is 0 Å². The molecule has 0 radical (unpaired) electrons. The third-order valence-corrected chi connectivity index (χ3v) is 2.65. The normalized spacial score (nSPS) is 11.0. The Hall–Kier alpha value is 0.0300. The van der Waals surface area contributed by atoms with Gasteiger partial charge in [0.25, 0.3) is 0 Å². The van der Waals surface area contributed by atoms with Crippen LogP contribution in [0.1, 0.15) is 46.5 Å². The maximum Gasteiger partial charge on any atom is 0.469 e. The fourth-order valence-corrected chi connectivity index (χ4v) is 1.51. The van der Waals surface area contributed by atoms with E-state index in [0.717, 1.165) is 25.9 Å². The van der Waals surface area contributed by atoms with Gasteiger partial charge in [-0.05, 0) is 19.5 Å². The molecular weight excluding hydrogens is 269 g/mol. The largest absolute Gasteiger partial charge is 0.469 e. The van der Waals surface area contributed by atoms with Crippen molar-refractivity contribution >= 4 is 7.82 Å². The molecule has 0 aliphatic carbocycles. The van der Waals surface area contributed by atoms with E-state index in [1.807, 2.05) is 0 Å². The molecule has 0 bridgehead atoms. The van der Waals surface area contributed by atoms with Gasteiger partial charge < -0.3 is 19.8 Å². The maximum atomic E-state index is 10.2. The van der Waals surface area contributed by atoms with E-state index in [0.29, 0.717) is 6.61 Å². The number of hydrogen-bond acceptors (Lipinski definition) is 4. The quantitative estimate of drug-likeness (QED) is 0.401. The summed E-state index contributed by atoms with van der Waals surface area (Å²) in [6, 6.07) is 0. The van der Waals surface area contributed by atoms with Gasteiger partial charge >= 0.3 is 7.82 Å². The van der Waals surface area contributed by atoms with Crippen LogP contribution in [0.25, 0.3) is 0 Å². The first-order valence-electron chi connectivity index (χ1n) is 6.96. The SMILES string of the molecule is CCCCCCOCCOP(=O)(O)O.CCNCC. The number of phosphoric acid groups is 1. The van der Waals surface area contributed by atoms with Crippen LogP contribution < -0.4 is 5.32 Å². The van der Waals surface area contributed by atoms with Crippen LogP contribution >= 0.6 is 7.82 Å². The van der Waals surface area contributed by atoms with E-state index in [9.17, 15) is 4.57 Å². The van der Waals surface area contributed by atoms with Crippen LogP contribution in [0.15, 0.2) is 0 Å². The van der Waals surface area contributed by atoms with Gasteiger partial charge in [-0.1, -0.05) is 40.0 Å². The molecule has 6 nitrogen and oxygen atoms in total. The predicted octanol–water partition coefficient (Wildman–Crippen LogP) is 2.31. The molecule has 0 aromatic carbocycles. The molecule has 3 N–H and O–H groups in total. The van der Waals surface area contributed by atoms with Crippen molar-refractivity contribution in [3.63, 3.8) is 0 Å². The fraction of sp³-hybridized carbons (Fsp3) is 1.00. The third-order valence-electron chi connectivity index (χ3n) is 2.13. The summed E-state index contributed by atoms with van der Waals surface area (Å²) in [5.41, 5.74) is 0. The smallest absolute Gasteiger partial charge is 0.379 e. The minimum Gasteiger partial charge on any atom is -0.379 e. The number of nitrogens with one attached hydrogen (secondary N) is 1. The first-order chi connectivity index (χ1) is 8.97. The highest BCUT2D eigenvalue weighted by Crippen LogP contribution is 2.35. The van der Waals surface area contributed by atoms with Crippen molar-refractivity contribution in [1.29, 1.82) is 0 Å². The van der Waals surface area contributed by atoms with Gasteiger partial charge in [-0.15, -0.1) is 0 Å². The Bertz CT molecular complexity index is 208. The summed E-state index contributed by atoms with van der Waals surface area (Å²) in [5, 5.41) is 3.11. The molecule has 0 amide bonds. The van der Waals surface area contributed by atoms with Crippen molar-refractivity contribution in [2.45, 2.75) is 46.5 Å². The Balaban J connectivity index is 0. The van der Waals surface area contributed by atoms with Crippen LogP contribution in [0.3, 0.4) is 0 Å². The molecule has 0 aromatic heterocycles. The molecule has 0 fully saturated rings. The number of rotatable bonds is 11. The van der Waals surface area contributed by atoms with Crippen molar-refractivity contribution in [2.24, 2.45) is 0 Å². The molecule has 0 saturated carbocycles. The van der Waals surface area contributed by atoms with Gasteiger partial charge in [-0.3, -0.25) is 4.52 Å². The number of hydrogen-bond donors (Lipinski definition) is 3. The molecule has 0 heterocycles. The summed E-state index contributed by atoms with van der Waals surface area (Å²) in [6.07, 6.45) is 4.50. The van der Waals surface area contributed by atoms with E-state index in [4.69, 9.17) is 14.5 Å². The Morgan fingerprint density at radius 3 is 2.00 bits per heavy atom. The van der Waals surface area contributed by atoms with Crippen LogP contribution in [-0.2, 0) is 13.8 Å². The monoisotopic (exact) mass is 299 g/mol. The molecule has 0 saturated heterocycles. The highest BCUT2D eigenvalue weighted by Gasteiger charge is 2.12. The molecule has 0 rings (SSSR count). The zero-order chi connectivity index (χ0) is 15.0. The van der Waals surface area contributed by atoms with Crippen molar-refractivity contribution in [3.8, 4) is 0 Å².